The highest BCUT2D eigenvalue weighted by atomic mass is 79.9. The zero-order chi connectivity index (χ0) is 24.1. The minimum absolute atomic E-state index is 0.0108. The number of halogens is 1. The molecule has 0 spiro atoms. The van der Waals surface area contributed by atoms with Crippen LogP contribution < -0.4 is 14.8 Å². The van der Waals surface area contributed by atoms with Gasteiger partial charge in [-0.15, -0.1) is 0 Å². The van der Waals surface area contributed by atoms with Crippen molar-refractivity contribution in [3.63, 3.8) is 0 Å². The van der Waals surface area contributed by atoms with Crippen molar-refractivity contribution in [3.8, 4) is 11.5 Å². The van der Waals surface area contributed by atoms with Gasteiger partial charge in [0, 0.05) is 0 Å². The molecule has 180 valence electrons. The van der Waals surface area contributed by atoms with Crippen molar-refractivity contribution in [1.29, 1.82) is 0 Å². The molecule has 5 nitrogen and oxygen atoms in total. The highest BCUT2D eigenvalue weighted by molar-refractivity contribution is 9.10. The molecule has 3 aromatic carbocycles. The van der Waals surface area contributed by atoms with E-state index in [1.807, 2.05) is 36.4 Å². The van der Waals surface area contributed by atoms with E-state index in [1.54, 1.807) is 13.2 Å². The molecule has 1 heterocycles. The molecular weight excluding hydrogens is 506 g/mol. The Balaban J connectivity index is 1.39. The number of ether oxygens (including phenoxy) is 2. The number of rotatable bonds is 6. The molecule has 2 N–H and O–H groups in total. The van der Waals surface area contributed by atoms with Gasteiger partial charge in [-0.1, -0.05) is 42.5 Å². The quantitative estimate of drug-likeness (QED) is 0.356. The Labute approximate surface area is 213 Å². The van der Waals surface area contributed by atoms with Crippen molar-refractivity contribution in [2.75, 3.05) is 12.4 Å². The average molecular weight is 534 g/mol. The van der Waals surface area contributed by atoms with E-state index in [0.717, 1.165) is 21.3 Å². The number of anilines is 1. The van der Waals surface area contributed by atoms with Gasteiger partial charge in [0.15, 0.2) is 11.5 Å². The summed E-state index contributed by atoms with van der Waals surface area (Å²) in [6, 6.07) is 20.0. The van der Waals surface area contributed by atoms with Gasteiger partial charge in [0.1, 0.15) is 6.61 Å². The Morgan fingerprint density at radius 2 is 1.89 bits per heavy atom. The maximum atomic E-state index is 12.1. The highest BCUT2D eigenvalue weighted by Gasteiger charge is 2.54. The minimum Gasteiger partial charge on any atom is -0.493 e. The van der Waals surface area contributed by atoms with Crippen molar-refractivity contribution in [2.45, 2.75) is 37.8 Å². The molecule has 6 heteroatoms. The van der Waals surface area contributed by atoms with Crippen molar-refractivity contribution >= 4 is 27.6 Å². The number of aromatic carboxylic acids is 1. The van der Waals surface area contributed by atoms with Crippen LogP contribution >= 0.6 is 15.9 Å². The number of carboxylic acid groups (broad SMARTS) is 1. The van der Waals surface area contributed by atoms with E-state index in [-0.39, 0.29) is 6.04 Å². The Morgan fingerprint density at radius 3 is 2.66 bits per heavy atom. The molecule has 6 rings (SSSR count). The Kier molecular flexibility index (Phi) is 5.72. The molecule has 2 aliphatic carbocycles. The summed E-state index contributed by atoms with van der Waals surface area (Å²) in [5.74, 6) is 2.53. The Morgan fingerprint density at radius 1 is 1.09 bits per heavy atom. The molecule has 0 saturated heterocycles. The third-order valence-corrected chi connectivity index (χ3v) is 8.78. The van der Waals surface area contributed by atoms with Crippen LogP contribution in [0.1, 0.15) is 58.3 Å². The first-order valence-corrected chi connectivity index (χ1v) is 13.0. The summed E-state index contributed by atoms with van der Waals surface area (Å²) in [5.41, 5.74) is 4.48. The van der Waals surface area contributed by atoms with Crippen molar-refractivity contribution in [2.24, 2.45) is 17.8 Å². The normalized spacial score (nSPS) is 25.9. The number of methoxy groups -OCH3 is 1. The van der Waals surface area contributed by atoms with Crippen LogP contribution in [0.15, 0.2) is 65.1 Å². The largest absolute Gasteiger partial charge is 0.493 e. The molecular formula is C29H28BrNO4. The lowest BCUT2D eigenvalue weighted by atomic mass is 9.67. The first-order chi connectivity index (χ1) is 17.0. The Bertz CT molecular complexity index is 1280. The molecule has 5 atom stereocenters. The molecule has 0 amide bonds. The lowest BCUT2D eigenvalue weighted by Gasteiger charge is -2.44. The second kappa shape index (κ2) is 8.90. The smallest absolute Gasteiger partial charge is 0.337 e. The SMILES string of the molecule is COc1cc(C2Nc3c(C(=O)O)cccc3C3C4CCC(C4)C23)cc(Br)c1OCc1ccccc1. The first kappa shape index (κ1) is 22.5. The molecule has 35 heavy (non-hydrogen) atoms. The van der Waals surface area contributed by atoms with E-state index in [4.69, 9.17) is 9.47 Å². The van der Waals surface area contributed by atoms with E-state index in [0.29, 0.717) is 47.3 Å². The standard InChI is InChI=1S/C29H28BrNO4/c1-34-23-14-19(13-22(30)28(23)35-15-16-6-3-2-4-7-16)26-25-18-11-10-17(12-18)24(25)20-8-5-9-21(29(32)33)27(20)31-26/h2-9,13-14,17-18,24-26,31H,10-12,15H2,1H3,(H,32,33). The number of para-hydroxylation sites is 1. The average Bonchev–Trinajstić information content (AvgIpc) is 3.50. The van der Waals surface area contributed by atoms with Crippen LogP contribution in [0.3, 0.4) is 0 Å². The van der Waals surface area contributed by atoms with Gasteiger partial charge in [-0.05, 0) is 93.8 Å². The van der Waals surface area contributed by atoms with Crippen molar-refractivity contribution < 1.29 is 19.4 Å². The molecule has 0 radical (unpaired) electrons. The lowest BCUT2D eigenvalue weighted by Crippen LogP contribution is -2.36. The number of benzene rings is 3. The van der Waals surface area contributed by atoms with Crippen LogP contribution in [0.5, 0.6) is 11.5 Å². The van der Waals surface area contributed by atoms with Crippen LogP contribution in [0.25, 0.3) is 0 Å². The second-order valence-electron chi connectivity index (χ2n) is 9.94. The third kappa shape index (κ3) is 3.79. The molecule has 0 aromatic heterocycles. The van der Waals surface area contributed by atoms with Crippen LogP contribution in [0.4, 0.5) is 5.69 Å². The van der Waals surface area contributed by atoms with Crippen LogP contribution in [0.2, 0.25) is 0 Å². The van der Waals surface area contributed by atoms with E-state index in [9.17, 15) is 9.90 Å². The number of hydrogen-bond donors (Lipinski definition) is 2. The van der Waals surface area contributed by atoms with Gasteiger partial charge >= 0.3 is 5.97 Å². The number of carboxylic acids is 1. The van der Waals surface area contributed by atoms with Crippen molar-refractivity contribution in [1.82, 2.24) is 0 Å². The fraction of sp³-hybridized carbons (Fsp3) is 0.345. The summed E-state index contributed by atoms with van der Waals surface area (Å²) >= 11 is 3.74. The number of hydrogen-bond acceptors (Lipinski definition) is 4. The van der Waals surface area contributed by atoms with Gasteiger partial charge in [0.25, 0.3) is 0 Å². The molecule has 5 unspecified atom stereocenters. The molecule has 2 fully saturated rings. The predicted octanol–water partition coefficient (Wildman–Crippen LogP) is 7.03. The summed E-state index contributed by atoms with van der Waals surface area (Å²) in [6.45, 7) is 0.445. The van der Waals surface area contributed by atoms with Crippen LogP contribution in [0, 0.1) is 17.8 Å². The van der Waals surface area contributed by atoms with Crippen LogP contribution in [-0.2, 0) is 6.61 Å². The molecule has 1 aliphatic heterocycles. The third-order valence-electron chi connectivity index (χ3n) is 8.19. The van der Waals surface area contributed by atoms with E-state index in [1.165, 1.54) is 24.8 Å². The maximum Gasteiger partial charge on any atom is 0.337 e. The summed E-state index contributed by atoms with van der Waals surface area (Å²) < 4.78 is 12.8. The zero-order valence-electron chi connectivity index (χ0n) is 19.5. The second-order valence-corrected chi connectivity index (χ2v) is 10.8. The van der Waals surface area contributed by atoms with Gasteiger partial charge in [-0.3, -0.25) is 0 Å². The molecule has 3 aliphatic rings. The van der Waals surface area contributed by atoms with E-state index in [2.05, 4.69) is 39.4 Å². The fourth-order valence-electron chi connectivity index (χ4n) is 6.81. The minimum atomic E-state index is -0.891. The summed E-state index contributed by atoms with van der Waals surface area (Å²) in [6.07, 6.45) is 3.70. The summed E-state index contributed by atoms with van der Waals surface area (Å²) in [4.78, 5) is 12.1. The fourth-order valence-corrected chi connectivity index (χ4v) is 7.38. The molecule has 2 saturated carbocycles. The topological polar surface area (TPSA) is 67.8 Å². The molecule has 3 aromatic rings. The van der Waals surface area contributed by atoms with Gasteiger partial charge in [-0.25, -0.2) is 4.79 Å². The number of fused-ring (bicyclic) bond motifs is 7. The monoisotopic (exact) mass is 533 g/mol. The maximum absolute atomic E-state index is 12.1. The highest BCUT2D eigenvalue weighted by Crippen LogP contribution is 2.64. The van der Waals surface area contributed by atoms with E-state index >= 15 is 0 Å². The number of nitrogens with one attached hydrogen (secondary N) is 1. The summed E-state index contributed by atoms with van der Waals surface area (Å²) in [7, 11) is 1.66. The van der Waals surface area contributed by atoms with Crippen molar-refractivity contribution in [3.05, 3.63) is 87.4 Å². The van der Waals surface area contributed by atoms with Crippen LogP contribution in [-0.4, -0.2) is 18.2 Å². The lowest BCUT2D eigenvalue weighted by molar-refractivity contribution is 0.0697. The summed E-state index contributed by atoms with van der Waals surface area (Å²) in [5, 5.41) is 13.6. The Hall–Kier alpha value is -2.99. The number of carbonyl (C=O) groups is 1. The van der Waals surface area contributed by atoms with Gasteiger partial charge in [0.05, 0.1) is 28.9 Å². The zero-order valence-corrected chi connectivity index (χ0v) is 21.1. The van der Waals surface area contributed by atoms with E-state index < -0.39 is 5.97 Å². The van der Waals surface area contributed by atoms with Gasteiger partial charge < -0.3 is 19.9 Å². The first-order valence-electron chi connectivity index (χ1n) is 12.2. The van der Waals surface area contributed by atoms with Gasteiger partial charge in [-0.2, -0.15) is 0 Å². The van der Waals surface area contributed by atoms with Gasteiger partial charge in [0.2, 0.25) is 0 Å². The molecule has 2 bridgehead atoms. The predicted molar refractivity (Wildman–Crippen MR) is 138 cm³/mol.